The molecule has 2 N–H and O–H groups in total. The maximum Gasteiger partial charge on any atom is 0.252 e. The molecule has 0 bridgehead atoms. The van der Waals surface area contributed by atoms with Crippen molar-refractivity contribution >= 4 is 5.91 Å². The van der Waals surface area contributed by atoms with Crippen LogP contribution in [0.4, 0.5) is 0 Å². The number of hydrogen-bond donors (Lipinski definition) is 2. The molecular formula is C12H11N3O. The van der Waals surface area contributed by atoms with Crippen LogP contribution in [0.2, 0.25) is 0 Å². The molecular weight excluding hydrogens is 202 g/mol. The highest BCUT2D eigenvalue weighted by molar-refractivity contribution is 6.03. The van der Waals surface area contributed by atoms with E-state index in [1.807, 2.05) is 25.1 Å². The summed E-state index contributed by atoms with van der Waals surface area (Å²) in [6.45, 7) is 2.56. The largest absolute Gasteiger partial charge is 0.348 e. The second-order valence-electron chi connectivity index (χ2n) is 3.94. The van der Waals surface area contributed by atoms with Gasteiger partial charge in [-0.15, -0.1) is 0 Å². The highest BCUT2D eigenvalue weighted by atomic mass is 16.1. The molecule has 0 saturated carbocycles. The second-order valence-corrected chi connectivity index (χ2v) is 3.94. The summed E-state index contributed by atoms with van der Waals surface area (Å²) in [6.07, 6.45) is 1.77. The number of aromatic amines is 1. The summed E-state index contributed by atoms with van der Waals surface area (Å²) in [4.78, 5) is 19.1. The van der Waals surface area contributed by atoms with E-state index in [-0.39, 0.29) is 5.91 Å². The fourth-order valence-electron chi connectivity index (χ4n) is 2.03. The molecule has 1 aromatic heterocycles. The van der Waals surface area contributed by atoms with E-state index in [0.717, 1.165) is 28.2 Å². The number of carbonyl (C=O) groups excluding carboxylic acids is 1. The van der Waals surface area contributed by atoms with E-state index < -0.39 is 0 Å². The van der Waals surface area contributed by atoms with Gasteiger partial charge in [0.15, 0.2) is 0 Å². The summed E-state index contributed by atoms with van der Waals surface area (Å²) in [5, 5.41) is 2.82. The Kier molecular flexibility index (Phi) is 1.83. The third-order valence-electron chi connectivity index (χ3n) is 2.78. The predicted molar refractivity (Wildman–Crippen MR) is 59.9 cm³/mol. The molecule has 1 aromatic carbocycles. The second kappa shape index (κ2) is 3.20. The van der Waals surface area contributed by atoms with Crippen molar-refractivity contribution in [2.75, 3.05) is 0 Å². The number of H-pyrrole nitrogens is 1. The molecule has 80 valence electrons. The topological polar surface area (TPSA) is 57.8 Å². The maximum atomic E-state index is 11.7. The van der Waals surface area contributed by atoms with Crippen molar-refractivity contribution in [1.29, 1.82) is 0 Å². The molecule has 1 aliphatic heterocycles. The summed E-state index contributed by atoms with van der Waals surface area (Å²) in [6, 6.07) is 5.83. The van der Waals surface area contributed by atoms with Gasteiger partial charge in [0, 0.05) is 24.0 Å². The Morgan fingerprint density at radius 2 is 2.25 bits per heavy atom. The fourth-order valence-corrected chi connectivity index (χ4v) is 2.03. The SMILES string of the molecule is Cc1cnc(-c2cccc3c2C(=O)NC3)[nH]1. The van der Waals surface area contributed by atoms with Gasteiger partial charge in [-0.1, -0.05) is 18.2 Å². The summed E-state index contributed by atoms with van der Waals surface area (Å²) in [5.74, 6) is 0.742. The average Bonchev–Trinajstić information content (AvgIpc) is 2.86. The molecule has 4 nitrogen and oxygen atoms in total. The molecule has 0 saturated heterocycles. The van der Waals surface area contributed by atoms with E-state index in [0.29, 0.717) is 6.54 Å². The van der Waals surface area contributed by atoms with Crippen molar-refractivity contribution in [2.24, 2.45) is 0 Å². The zero-order valence-electron chi connectivity index (χ0n) is 8.87. The zero-order valence-corrected chi connectivity index (χ0v) is 8.87. The quantitative estimate of drug-likeness (QED) is 0.756. The van der Waals surface area contributed by atoms with Gasteiger partial charge in [-0.2, -0.15) is 0 Å². The minimum absolute atomic E-state index is 0.0142. The number of imidazole rings is 1. The molecule has 2 heterocycles. The molecule has 16 heavy (non-hydrogen) atoms. The lowest BCUT2D eigenvalue weighted by Gasteiger charge is -2.02. The molecule has 1 amide bonds. The maximum absolute atomic E-state index is 11.7. The van der Waals surface area contributed by atoms with Crippen LogP contribution >= 0.6 is 0 Å². The Hall–Kier alpha value is -2.10. The van der Waals surface area contributed by atoms with Crippen molar-refractivity contribution in [1.82, 2.24) is 15.3 Å². The number of amides is 1. The highest BCUT2D eigenvalue weighted by Gasteiger charge is 2.23. The van der Waals surface area contributed by atoms with Gasteiger partial charge in [0.25, 0.3) is 5.91 Å². The van der Waals surface area contributed by atoms with Gasteiger partial charge in [0.05, 0.1) is 5.56 Å². The van der Waals surface area contributed by atoms with Crippen molar-refractivity contribution < 1.29 is 4.79 Å². The van der Waals surface area contributed by atoms with E-state index >= 15 is 0 Å². The van der Waals surface area contributed by atoms with Gasteiger partial charge in [-0.05, 0) is 12.5 Å². The third-order valence-corrected chi connectivity index (χ3v) is 2.78. The molecule has 4 heteroatoms. The van der Waals surface area contributed by atoms with E-state index in [4.69, 9.17) is 0 Å². The molecule has 0 atom stereocenters. The Morgan fingerprint density at radius 3 is 3.00 bits per heavy atom. The zero-order chi connectivity index (χ0) is 11.1. The van der Waals surface area contributed by atoms with Gasteiger partial charge < -0.3 is 10.3 Å². The molecule has 1 aliphatic rings. The van der Waals surface area contributed by atoms with Crippen LogP contribution in [0, 0.1) is 6.92 Å². The van der Waals surface area contributed by atoms with Crippen LogP contribution in [0.15, 0.2) is 24.4 Å². The number of aryl methyl sites for hydroxylation is 1. The Labute approximate surface area is 92.7 Å². The van der Waals surface area contributed by atoms with Gasteiger partial charge in [-0.25, -0.2) is 4.98 Å². The normalized spacial score (nSPS) is 13.7. The minimum Gasteiger partial charge on any atom is -0.348 e. The lowest BCUT2D eigenvalue weighted by molar-refractivity contribution is 0.0966. The van der Waals surface area contributed by atoms with Gasteiger partial charge >= 0.3 is 0 Å². The van der Waals surface area contributed by atoms with Crippen LogP contribution in [-0.2, 0) is 6.54 Å². The first-order chi connectivity index (χ1) is 7.75. The Bertz CT molecular complexity index is 571. The smallest absolute Gasteiger partial charge is 0.252 e. The number of aromatic nitrogens is 2. The average molecular weight is 213 g/mol. The number of nitrogens with one attached hydrogen (secondary N) is 2. The standard InChI is InChI=1S/C12H11N3O/c1-7-5-13-11(15-7)9-4-2-3-8-6-14-12(16)10(8)9/h2-5H,6H2,1H3,(H,13,15)(H,14,16). The van der Waals surface area contributed by atoms with Crippen LogP contribution < -0.4 is 5.32 Å². The molecule has 3 rings (SSSR count). The number of nitrogens with zero attached hydrogens (tertiary/aromatic N) is 1. The monoisotopic (exact) mass is 213 g/mol. The number of fused-ring (bicyclic) bond motifs is 1. The molecule has 0 unspecified atom stereocenters. The lowest BCUT2D eigenvalue weighted by atomic mass is 10.0. The molecule has 0 aliphatic carbocycles. The van der Waals surface area contributed by atoms with E-state index in [1.54, 1.807) is 6.20 Å². The number of benzene rings is 1. The van der Waals surface area contributed by atoms with Crippen molar-refractivity contribution in [3.05, 3.63) is 41.2 Å². The van der Waals surface area contributed by atoms with Gasteiger partial charge in [-0.3, -0.25) is 4.79 Å². The third kappa shape index (κ3) is 1.23. The van der Waals surface area contributed by atoms with Crippen molar-refractivity contribution in [3.8, 4) is 11.4 Å². The molecule has 2 aromatic rings. The summed E-state index contributed by atoms with van der Waals surface area (Å²) in [7, 11) is 0. The van der Waals surface area contributed by atoms with E-state index in [9.17, 15) is 4.79 Å². The molecule has 0 spiro atoms. The van der Waals surface area contributed by atoms with Crippen molar-refractivity contribution in [3.63, 3.8) is 0 Å². The first-order valence-corrected chi connectivity index (χ1v) is 5.18. The van der Waals surface area contributed by atoms with Crippen LogP contribution in [0.5, 0.6) is 0 Å². The highest BCUT2D eigenvalue weighted by Crippen LogP contribution is 2.26. The van der Waals surface area contributed by atoms with Crippen molar-refractivity contribution in [2.45, 2.75) is 13.5 Å². The number of carbonyl (C=O) groups is 1. The number of rotatable bonds is 1. The van der Waals surface area contributed by atoms with E-state index in [1.165, 1.54) is 0 Å². The summed E-state index contributed by atoms with van der Waals surface area (Å²) < 4.78 is 0. The van der Waals surface area contributed by atoms with E-state index in [2.05, 4.69) is 15.3 Å². The number of hydrogen-bond acceptors (Lipinski definition) is 2. The first-order valence-electron chi connectivity index (χ1n) is 5.18. The summed E-state index contributed by atoms with van der Waals surface area (Å²) >= 11 is 0. The summed E-state index contributed by atoms with van der Waals surface area (Å²) in [5.41, 5.74) is 3.65. The minimum atomic E-state index is -0.0142. The predicted octanol–water partition coefficient (Wildman–Crippen LogP) is 1.63. The van der Waals surface area contributed by atoms with Gasteiger partial charge in [0.1, 0.15) is 5.82 Å². The van der Waals surface area contributed by atoms with Gasteiger partial charge in [0.2, 0.25) is 0 Å². The molecule has 0 radical (unpaired) electrons. The molecule has 0 fully saturated rings. The Morgan fingerprint density at radius 1 is 1.38 bits per heavy atom. The fraction of sp³-hybridized carbons (Fsp3) is 0.167. The Balaban J connectivity index is 2.22. The van der Waals surface area contributed by atoms with Crippen LogP contribution in [0.25, 0.3) is 11.4 Å². The van der Waals surface area contributed by atoms with Crippen LogP contribution in [0.3, 0.4) is 0 Å². The lowest BCUT2D eigenvalue weighted by Crippen LogP contribution is -2.13. The van der Waals surface area contributed by atoms with Crippen LogP contribution in [-0.4, -0.2) is 15.9 Å². The van der Waals surface area contributed by atoms with Crippen LogP contribution in [0.1, 0.15) is 21.6 Å². The first kappa shape index (κ1) is 9.15.